The minimum Gasteiger partial charge on any atom is -0.297 e. The minimum atomic E-state index is 0.642. The summed E-state index contributed by atoms with van der Waals surface area (Å²) >= 11 is 0. The number of fused-ring (bicyclic) bond motifs is 2. The molecule has 1 nitrogen and oxygen atoms in total. The molecule has 4 fully saturated rings. The Morgan fingerprint density at radius 1 is 1.00 bits per heavy atom. The maximum Gasteiger partial charge on any atom is 0.0244 e. The van der Waals surface area contributed by atoms with Gasteiger partial charge in [0, 0.05) is 12.1 Å². The van der Waals surface area contributed by atoms with Crippen molar-refractivity contribution in [2.75, 3.05) is 13.1 Å². The van der Waals surface area contributed by atoms with Crippen molar-refractivity contribution < 1.29 is 0 Å². The minimum absolute atomic E-state index is 0.642. The molecular formula is C12H19N. The Kier molecular flexibility index (Phi) is 0.959. The first-order chi connectivity index (χ1) is 6.18. The summed E-state index contributed by atoms with van der Waals surface area (Å²) in [5.41, 5.74) is 2.27. The molecule has 0 bridgehead atoms. The average molecular weight is 177 g/mol. The topological polar surface area (TPSA) is 3.24 Å². The van der Waals surface area contributed by atoms with E-state index in [2.05, 4.69) is 11.8 Å². The van der Waals surface area contributed by atoms with Gasteiger partial charge in [-0.15, -0.1) is 0 Å². The first-order valence-electron chi connectivity index (χ1n) is 5.93. The zero-order chi connectivity index (χ0) is 8.73. The molecule has 0 radical (unpaired) electrons. The third-order valence-corrected chi connectivity index (χ3v) is 5.76. The largest absolute Gasteiger partial charge is 0.297 e. The number of nitrogens with zero attached hydrogens (tertiary/aromatic N) is 1. The van der Waals surface area contributed by atoms with Gasteiger partial charge in [-0.1, -0.05) is 0 Å². The van der Waals surface area contributed by atoms with Gasteiger partial charge in [-0.2, -0.15) is 0 Å². The van der Waals surface area contributed by atoms with Crippen LogP contribution in [0.4, 0.5) is 0 Å². The predicted octanol–water partition coefficient (Wildman–Crippen LogP) is 2.41. The molecule has 13 heavy (non-hydrogen) atoms. The lowest BCUT2D eigenvalue weighted by molar-refractivity contribution is 0.159. The maximum absolute atomic E-state index is 2.84. The van der Waals surface area contributed by atoms with Gasteiger partial charge in [0.2, 0.25) is 0 Å². The third kappa shape index (κ3) is 0.674. The second-order valence-electron chi connectivity index (χ2n) is 6.40. The van der Waals surface area contributed by atoms with Crippen molar-refractivity contribution in [2.24, 2.45) is 10.8 Å². The van der Waals surface area contributed by atoms with Crippen molar-refractivity contribution in [3.05, 3.63) is 0 Å². The molecule has 0 aromatic rings. The van der Waals surface area contributed by atoms with Gasteiger partial charge in [-0.3, -0.25) is 4.90 Å². The van der Waals surface area contributed by atoms with E-state index in [0.29, 0.717) is 5.54 Å². The van der Waals surface area contributed by atoms with E-state index < -0.39 is 0 Å². The lowest BCUT2D eigenvalue weighted by atomic mass is 9.79. The SMILES string of the molecule is CC12CC3(CC3)CN1CCC21CC1. The highest BCUT2D eigenvalue weighted by Crippen LogP contribution is 2.71. The molecule has 0 aromatic carbocycles. The van der Waals surface area contributed by atoms with Crippen LogP contribution in [0, 0.1) is 10.8 Å². The molecule has 2 aliphatic carbocycles. The summed E-state index contributed by atoms with van der Waals surface area (Å²) in [5, 5.41) is 0. The molecule has 72 valence electrons. The summed E-state index contributed by atoms with van der Waals surface area (Å²) < 4.78 is 0. The molecule has 2 saturated heterocycles. The lowest BCUT2D eigenvalue weighted by Gasteiger charge is -2.33. The second-order valence-corrected chi connectivity index (χ2v) is 6.40. The highest BCUT2D eigenvalue weighted by Gasteiger charge is 2.70. The molecule has 2 saturated carbocycles. The lowest BCUT2D eigenvalue weighted by Crippen LogP contribution is -2.40. The molecule has 2 aliphatic heterocycles. The molecule has 1 unspecified atom stereocenters. The van der Waals surface area contributed by atoms with Crippen molar-refractivity contribution >= 4 is 0 Å². The zero-order valence-corrected chi connectivity index (χ0v) is 8.60. The van der Waals surface area contributed by atoms with Gasteiger partial charge in [-0.25, -0.2) is 0 Å². The van der Waals surface area contributed by atoms with Gasteiger partial charge < -0.3 is 0 Å². The normalized spacial score (nSPS) is 48.7. The highest BCUT2D eigenvalue weighted by atomic mass is 15.3. The van der Waals surface area contributed by atoms with Crippen LogP contribution in [0.3, 0.4) is 0 Å². The van der Waals surface area contributed by atoms with Crippen LogP contribution >= 0.6 is 0 Å². The summed E-state index contributed by atoms with van der Waals surface area (Å²) in [4.78, 5) is 2.84. The molecule has 0 N–H and O–H groups in total. The Morgan fingerprint density at radius 2 is 1.77 bits per heavy atom. The first kappa shape index (κ1) is 7.28. The molecule has 2 heterocycles. The predicted molar refractivity (Wildman–Crippen MR) is 52.5 cm³/mol. The number of hydrogen-bond donors (Lipinski definition) is 0. The van der Waals surface area contributed by atoms with Gasteiger partial charge in [0.1, 0.15) is 0 Å². The third-order valence-electron chi connectivity index (χ3n) is 5.76. The summed E-state index contributed by atoms with van der Waals surface area (Å²) in [5.74, 6) is 0. The zero-order valence-electron chi connectivity index (χ0n) is 8.60. The Labute approximate surface area is 80.5 Å². The van der Waals surface area contributed by atoms with Gasteiger partial charge in [0.15, 0.2) is 0 Å². The molecule has 2 spiro atoms. The molecule has 4 rings (SSSR count). The van der Waals surface area contributed by atoms with E-state index in [9.17, 15) is 0 Å². The van der Waals surface area contributed by atoms with Gasteiger partial charge in [0.25, 0.3) is 0 Å². The molecular weight excluding hydrogens is 158 g/mol. The average Bonchev–Trinajstić information content (AvgIpc) is 2.91. The standard InChI is InChI=1S/C12H19N/c1-10-8-11(2-3-11)9-13(10)7-6-12(10)4-5-12/h2-9H2,1H3. The van der Waals surface area contributed by atoms with Crippen LogP contribution in [-0.4, -0.2) is 23.5 Å². The van der Waals surface area contributed by atoms with Crippen molar-refractivity contribution in [2.45, 2.75) is 51.0 Å². The fourth-order valence-electron chi connectivity index (χ4n) is 4.40. The maximum atomic E-state index is 2.84. The Balaban J connectivity index is 1.76. The quantitative estimate of drug-likeness (QED) is 0.549. The Morgan fingerprint density at radius 3 is 2.38 bits per heavy atom. The molecule has 1 heteroatoms. The number of hydrogen-bond acceptors (Lipinski definition) is 1. The van der Waals surface area contributed by atoms with Crippen LogP contribution in [-0.2, 0) is 0 Å². The Bertz CT molecular complexity index is 275. The van der Waals surface area contributed by atoms with Crippen LogP contribution in [0.1, 0.15) is 45.4 Å². The van der Waals surface area contributed by atoms with E-state index >= 15 is 0 Å². The van der Waals surface area contributed by atoms with Gasteiger partial charge >= 0.3 is 0 Å². The van der Waals surface area contributed by atoms with E-state index in [4.69, 9.17) is 0 Å². The van der Waals surface area contributed by atoms with E-state index in [-0.39, 0.29) is 0 Å². The molecule has 1 atom stereocenters. The molecule has 0 amide bonds. The summed E-state index contributed by atoms with van der Waals surface area (Å²) in [7, 11) is 0. The Hall–Kier alpha value is -0.0400. The van der Waals surface area contributed by atoms with Gasteiger partial charge in [-0.05, 0) is 62.8 Å². The van der Waals surface area contributed by atoms with E-state index in [1.54, 1.807) is 6.42 Å². The van der Waals surface area contributed by atoms with Crippen molar-refractivity contribution in [3.8, 4) is 0 Å². The van der Waals surface area contributed by atoms with Crippen LogP contribution in [0.15, 0.2) is 0 Å². The van der Waals surface area contributed by atoms with Crippen molar-refractivity contribution in [1.29, 1.82) is 0 Å². The fourth-order valence-corrected chi connectivity index (χ4v) is 4.40. The van der Waals surface area contributed by atoms with E-state index in [1.807, 2.05) is 0 Å². The van der Waals surface area contributed by atoms with E-state index in [0.717, 1.165) is 10.8 Å². The van der Waals surface area contributed by atoms with Crippen LogP contribution < -0.4 is 0 Å². The number of rotatable bonds is 0. The second kappa shape index (κ2) is 1.71. The van der Waals surface area contributed by atoms with Crippen LogP contribution in [0.25, 0.3) is 0 Å². The molecule has 0 aromatic heterocycles. The fraction of sp³-hybridized carbons (Fsp3) is 1.00. The van der Waals surface area contributed by atoms with Crippen LogP contribution in [0.2, 0.25) is 0 Å². The molecule has 4 aliphatic rings. The van der Waals surface area contributed by atoms with E-state index in [1.165, 1.54) is 45.2 Å². The summed E-state index contributed by atoms with van der Waals surface area (Å²) in [6.45, 7) is 5.43. The first-order valence-corrected chi connectivity index (χ1v) is 5.93. The van der Waals surface area contributed by atoms with Crippen LogP contribution in [0.5, 0.6) is 0 Å². The van der Waals surface area contributed by atoms with Gasteiger partial charge in [0.05, 0.1) is 0 Å². The van der Waals surface area contributed by atoms with Crippen molar-refractivity contribution in [1.82, 2.24) is 4.90 Å². The smallest absolute Gasteiger partial charge is 0.0244 e. The highest BCUT2D eigenvalue weighted by molar-refractivity contribution is 5.23. The monoisotopic (exact) mass is 177 g/mol. The van der Waals surface area contributed by atoms with Crippen molar-refractivity contribution in [3.63, 3.8) is 0 Å². The summed E-state index contributed by atoms with van der Waals surface area (Å²) in [6.07, 6.45) is 9.20. The summed E-state index contributed by atoms with van der Waals surface area (Å²) in [6, 6.07) is 0.